The molecule has 4 nitrogen and oxygen atoms in total. The maximum Gasteiger partial charge on any atom is 0.255 e. The summed E-state index contributed by atoms with van der Waals surface area (Å²) in [5.41, 5.74) is -0.123. The molecule has 17 heavy (non-hydrogen) atoms. The summed E-state index contributed by atoms with van der Waals surface area (Å²) in [7, 11) is 3.60. The van der Waals surface area contributed by atoms with E-state index in [1.165, 1.54) is 11.8 Å². The summed E-state index contributed by atoms with van der Waals surface area (Å²) in [5, 5.41) is 0.472. The van der Waals surface area contributed by atoms with Gasteiger partial charge in [0.15, 0.2) is 10.8 Å². The van der Waals surface area contributed by atoms with Gasteiger partial charge in [-0.05, 0) is 12.1 Å². The molecule has 1 heterocycles. The zero-order valence-electron chi connectivity index (χ0n) is 9.45. The molecule has 0 aliphatic heterocycles. The van der Waals surface area contributed by atoms with Gasteiger partial charge in [0.2, 0.25) is 0 Å². The average Bonchev–Trinajstić information content (AvgIpc) is 2.33. The summed E-state index contributed by atoms with van der Waals surface area (Å²) >= 11 is 2.42. The van der Waals surface area contributed by atoms with Gasteiger partial charge in [0.25, 0.3) is 5.43 Å². The largest absolute Gasteiger partial charge is 0.359 e. The second-order valence-electron chi connectivity index (χ2n) is 3.53. The van der Waals surface area contributed by atoms with Crippen molar-refractivity contribution in [2.75, 3.05) is 19.0 Å². The molecule has 1 aromatic heterocycles. The third-order valence-electron chi connectivity index (χ3n) is 2.03. The fourth-order valence-corrected chi connectivity index (χ4v) is 2.70. The fourth-order valence-electron chi connectivity index (χ4n) is 1.22. The van der Waals surface area contributed by atoms with Crippen LogP contribution < -0.4 is 10.3 Å². The highest BCUT2D eigenvalue weighted by atomic mass is 32.2. The predicted octanol–water partition coefficient (Wildman–Crippen LogP) is 2.12. The normalized spacial score (nSPS) is 10.2. The first-order valence-electron chi connectivity index (χ1n) is 4.95. The minimum Gasteiger partial charge on any atom is -0.359 e. The molecule has 0 radical (unpaired) electrons. The van der Waals surface area contributed by atoms with Gasteiger partial charge in [-0.1, -0.05) is 30.0 Å². The molecule has 0 atom stereocenters. The minimum atomic E-state index is -0.123. The highest BCUT2D eigenvalue weighted by Gasteiger charge is 2.11. The molecular formula is C11H11N3OS2. The lowest BCUT2D eigenvalue weighted by atomic mass is 10.4. The summed E-state index contributed by atoms with van der Waals surface area (Å²) in [4.78, 5) is 14.7. The van der Waals surface area contributed by atoms with Crippen LogP contribution in [0.25, 0.3) is 0 Å². The van der Waals surface area contributed by atoms with Crippen LogP contribution in [0.4, 0.5) is 5.82 Å². The van der Waals surface area contributed by atoms with Crippen LogP contribution >= 0.6 is 23.5 Å². The lowest BCUT2D eigenvalue weighted by molar-refractivity contribution is 1.04. The van der Waals surface area contributed by atoms with E-state index in [1.54, 1.807) is 19.0 Å². The Labute approximate surface area is 108 Å². The van der Waals surface area contributed by atoms with Crippen molar-refractivity contribution < 1.29 is 0 Å². The summed E-state index contributed by atoms with van der Waals surface area (Å²) < 4.78 is 8.08. The lowest BCUT2D eigenvalue weighted by Gasteiger charge is -2.09. The maximum atomic E-state index is 12.0. The number of hydrogen-bond donors (Lipinski definition) is 0. The number of rotatable bonds is 3. The van der Waals surface area contributed by atoms with Gasteiger partial charge in [0.1, 0.15) is 0 Å². The Kier molecular flexibility index (Phi) is 3.75. The smallest absolute Gasteiger partial charge is 0.255 e. The monoisotopic (exact) mass is 265 g/mol. The first kappa shape index (κ1) is 12.1. The van der Waals surface area contributed by atoms with Crippen molar-refractivity contribution in [3.05, 3.63) is 40.6 Å². The number of nitrogens with zero attached hydrogens (tertiary/aromatic N) is 3. The van der Waals surface area contributed by atoms with Crippen molar-refractivity contribution in [3.8, 4) is 0 Å². The van der Waals surface area contributed by atoms with Crippen LogP contribution in [0.5, 0.6) is 0 Å². The van der Waals surface area contributed by atoms with Crippen LogP contribution in [-0.4, -0.2) is 22.8 Å². The van der Waals surface area contributed by atoms with Gasteiger partial charge in [0, 0.05) is 19.0 Å². The molecule has 0 bridgehead atoms. The van der Waals surface area contributed by atoms with Crippen molar-refractivity contribution in [1.29, 1.82) is 0 Å². The highest BCUT2D eigenvalue weighted by Crippen LogP contribution is 2.23. The molecule has 0 aliphatic carbocycles. The number of anilines is 1. The Morgan fingerprint density at radius 2 is 1.88 bits per heavy atom. The van der Waals surface area contributed by atoms with Gasteiger partial charge in [0.05, 0.1) is 11.7 Å². The SMILES string of the molecule is CN(C)c1nsnc(Sc2ccccc2)c1=O. The van der Waals surface area contributed by atoms with E-state index in [1.807, 2.05) is 30.3 Å². The zero-order valence-corrected chi connectivity index (χ0v) is 11.1. The Balaban J connectivity index is 2.35. The van der Waals surface area contributed by atoms with E-state index in [2.05, 4.69) is 8.75 Å². The van der Waals surface area contributed by atoms with Crippen molar-refractivity contribution in [2.24, 2.45) is 0 Å². The van der Waals surface area contributed by atoms with E-state index in [0.717, 1.165) is 16.6 Å². The van der Waals surface area contributed by atoms with E-state index in [-0.39, 0.29) is 5.43 Å². The predicted molar refractivity (Wildman–Crippen MR) is 71.1 cm³/mol. The Morgan fingerprint density at radius 3 is 2.53 bits per heavy atom. The highest BCUT2D eigenvalue weighted by molar-refractivity contribution is 7.99. The average molecular weight is 265 g/mol. The van der Waals surface area contributed by atoms with Crippen LogP contribution in [-0.2, 0) is 0 Å². The van der Waals surface area contributed by atoms with Crippen LogP contribution in [0.15, 0.2) is 45.0 Å². The second kappa shape index (κ2) is 5.29. The van der Waals surface area contributed by atoms with Gasteiger partial charge in [-0.2, -0.15) is 8.75 Å². The quantitative estimate of drug-likeness (QED) is 0.850. The van der Waals surface area contributed by atoms with E-state index in [9.17, 15) is 4.79 Å². The number of benzene rings is 1. The van der Waals surface area contributed by atoms with E-state index in [4.69, 9.17) is 0 Å². The van der Waals surface area contributed by atoms with Gasteiger partial charge < -0.3 is 4.90 Å². The van der Waals surface area contributed by atoms with Crippen LogP contribution in [0.2, 0.25) is 0 Å². The molecule has 88 valence electrons. The Morgan fingerprint density at radius 1 is 1.18 bits per heavy atom. The van der Waals surface area contributed by atoms with Gasteiger partial charge in [-0.15, -0.1) is 0 Å². The summed E-state index contributed by atoms with van der Waals surface area (Å²) in [5.74, 6) is 0.434. The van der Waals surface area contributed by atoms with Gasteiger partial charge in [-0.3, -0.25) is 4.79 Å². The molecule has 0 saturated carbocycles. The summed E-state index contributed by atoms with van der Waals surface area (Å²) in [6, 6.07) is 9.71. The van der Waals surface area contributed by atoms with Gasteiger partial charge >= 0.3 is 0 Å². The molecule has 0 unspecified atom stereocenters. The standard InChI is InChI=1S/C11H11N3OS2/c1-14(2)10-9(15)11(13-17-12-10)16-8-6-4-3-5-7-8/h3-7H,1-2H3. The molecule has 0 amide bonds. The molecule has 0 spiro atoms. The molecule has 0 fully saturated rings. The summed E-state index contributed by atoms with van der Waals surface area (Å²) in [6.45, 7) is 0. The first-order valence-corrected chi connectivity index (χ1v) is 6.50. The van der Waals surface area contributed by atoms with Crippen molar-refractivity contribution >= 4 is 29.3 Å². The number of aromatic nitrogens is 2. The van der Waals surface area contributed by atoms with E-state index in [0.29, 0.717) is 10.8 Å². The topological polar surface area (TPSA) is 46.1 Å². The molecule has 0 saturated heterocycles. The second-order valence-corrected chi connectivity index (χ2v) is 5.12. The fraction of sp³-hybridized carbons (Fsp3) is 0.182. The molecule has 0 aliphatic rings. The maximum absolute atomic E-state index is 12.0. The van der Waals surface area contributed by atoms with Crippen molar-refractivity contribution in [2.45, 2.75) is 9.92 Å². The van der Waals surface area contributed by atoms with E-state index >= 15 is 0 Å². The Bertz CT molecular complexity index is 554. The van der Waals surface area contributed by atoms with Crippen molar-refractivity contribution in [1.82, 2.24) is 8.75 Å². The third kappa shape index (κ3) is 2.83. The molecule has 2 aromatic rings. The molecule has 6 heteroatoms. The van der Waals surface area contributed by atoms with Crippen LogP contribution in [0.1, 0.15) is 0 Å². The van der Waals surface area contributed by atoms with Crippen LogP contribution in [0.3, 0.4) is 0 Å². The third-order valence-corrected chi connectivity index (χ3v) is 3.64. The minimum absolute atomic E-state index is 0.123. The first-order chi connectivity index (χ1) is 8.18. The number of hydrogen-bond acceptors (Lipinski definition) is 6. The van der Waals surface area contributed by atoms with E-state index < -0.39 is 0 Å². The Hall–Kier alpha value is -1.40. The van der Waals surface area contributed by atoms with Crippen molar-refractivity contribution in [3.63, 3.8) is 0 Å². The lowest BCUT2D eigenvalue weighted by Crippen LogP contribution is -2.21. The van der Waals surface area contributed by atoms with Crippen LogP contribution in [0, 0.1) is 0 Å². The van der Waals surface area contributed by atoms with Gasteiger partial charge in [-0.25, -0.2) is 0 Å². The molecule has 2 rings (SSSR count). The summed E-state index contributed by atoms with van der Waals surface area (Å²) in [6.07, 6.45) is 0. The molecular weight excluding hydrogens is 254 g/mol. The zero-order chi connectivity index (χ0) is 12.3. The molecule has 1 aromatic carbocycles. The molecule has 0 N–H and O–H groups in total.